The van der Waals surface area contributed by atoms with Crippen molar-refractivity contribution in [3.63, 3.8) is 0 Å². The highest BCUT2D eigenvalue weighted by Crippen LogP contribution is 2.34. The molecule has 1 aliphatic heterocycles. The summed E-state index contributed by atoms with van der Waals surface area (Å²) in [7, 11) is 0. The lowest BCUT2D eigenvalue weighted by molar-refractivity contribution is 0.0735. The Morgan fingerprint density at radius 2 is 1.80 bits per heavy atom. The number of pyridine rings is 1. The van der Waals surface area contributed by atoms with Crippen LogP contribution in [0, 0.1) is 6.92 Å². The first-order chi connectivity index (χ1) is 21.6. The summed E-state index contributed by atoms with van der Waals surface area (Å²) in [5.41, 5.74) is 5.03. The van der Waals surface area contributed by atoms with E-state index < -0.39 is 12.1 Å². The van der Waals surface area contributed by atoms with Crippen molar-refractivity contribution in [1.29, 1.82) is 0 Å². The van der Waals surface area contributed by atoms with Gasteiger partial charge in [-0.1, -0.05) is 75.4 Å². The zero-order valence-corrected chi connectivity index (χ0v) is 27.3. The first-order valence-electron chi connectivity index (χ1n) is 15.6. The predicted octanol–water partition coefficient (Wildman–Crippen LogP) is 5.61. The number of nitrogens with zero attached hydrogens (tertiary/aromatic N) is 3. The molecule has 3 heterocycles. The maximum Gasteiger partial charge on any atom is 0.256 e. The van der Waals surface area contributed by atoms with Crippen LogP contribution >= 0.6 is 11.3 Å². The number of rotatable bonds is 11. The molecule has 1 fully saturated rings. The topological polar surface area (TPSA) is 107 Å². The molecule has 0 radical (unpaired) electrons. The molecule has 0 aliphatic carbocycles. The van der Waals surface area contributed by atoms with E-state index in [2.05, 4.69) is 65.6 Å². The molecular formula is C36H43N5O3S. The molecule has 2 amide bonds. The molecule has 3 N–H and O–H groups in total. The summed E-state index contributed by atoms with van der Waals surface area (Å²) in [5.74, 6) is -0.545. The third-order valence-electron chi connectivity index (χ3n) is 8.24. The van der Waals surface area contributed by atoms with Crippen molar-refractivity contribution in [2.45, 2.75) is 77.1 Å². The highest BCUT2D eigenvalue weighted by molar-refractivity contribution is 7.09. The summed E-state index contributed by atoms with van der Waals surface area (Å²) in [6.07, 6.45) is 4.33. The van der Waals surface area contributed by atoms with Crippen LogP contribution in [-0.4, -0.2) is 57.0 Å². The number of aliphatic hydroxyl groups is 1. The molecular weight excluding hydrogens is 582 g/mol. The Labute approximate surface area is 269 Å². The van der Waals surface area contributed by atoms with Gasteiger partial charge >= 0.3 is 0 Å². The summed E-state index contributed by atoms with van der Waals surface area (Å²) < 4.78 is 0. The Kier molecular flexibility index (Phi) is 10.4. The molecule has 45 heavy (non-hydrogen) atoms. The van der Waals surface area contributed by atoms with Crippen LogP contribution in [0.3, 0.4) is 0 Å². The molecule has 1 saturated heterocycles. The van der Waals surface area contributed by atoms with E-state index in [1.807, 2.05) is 47.5 Å². The first-order valence-corrected chi connectivity index (χ1v) is 16.5. The Morgan fingerprint density at radius 3 is 2.53 bits per heavy atom. The number of benzene rings is 2. The van der Waals surface area contributed by atoms with Crippen LogP contribution in [-0.2, 0) is 18.4 Å². The molecule has 1 aliphatic rings. The summed E-state index contributed by atoms with van der Waals surface area (Å²) >= 11 is 1.57. The van der Waals surface area contributed by atoms with Gasteiger partial charge in [0.15, 0.2) is 0 Å². The fourth-order valence-electron chi connectivity index (χ4n) is 5.70. The van der Waals surface area contributed by atoms with Gasteiger partial charge < -0.3 is 20.6 Å². The van der Waals surface area contributed by atoms with Crippen LogP contribution < -0.4 is 10.6 Å². The molecule has 5 rings (SSSR count). The van der Waals surface area contributed by atoms with Gasteiger partial charge in [-0.15, -0.1) is 11.3 Å². The summed E-state index contributed by atoms with van der Waals surface area (Å²) in [4.78, 5) is 37.8. The Hall–Kier alpha value is -3.92. The number of likely N-dealkylation sites (tertiary alicyclic amines) is 1. The molecule has 8 nitrogen and oxygen atoms in total. The number of thiazole rings is 1. The van der Waals surface area contributed by atoms with Crippen molar-refractivity contribution in [2.75, 3.05) is 13.1 Å². The lowest BCUT2D eigenvalue weighted by Gasteiger charge is -2.25. The number of hydrogen-bond acceptors (Lipinski definition) is 7. The van der Waals surface area contributed by atoms with E-state index in [0.29, 0.717) is 31.6 Å². The minimum absolute atomic E-state index is 0.0496. The van der Waals surface area contributed by atoms with Gasteiger partial charge in [0.05, 0.1) is 29.3 Å². The average Bonchev–Trinajstić information content (AvgIpc) is 3.70. The number of nitrogens with one attached hydrogen (secondary N) is 2. The maximum absolute atomic E-state index is 13.6. The third-order valence-corrected chi connectivity index (χ3v) is 9.30. The molecule has 9 heteroatoms. The Balaban J connectivity index is 1.26. The largest absolute Gasteiger partial charge is 0.390 e. The van der Waals surface area contributed by atoms with Crippen molar-refractivity contribution >= 4 is 23.2 Å². The van der Waals surface area contributed by atoms with E-state index in [9.17, 15) is 14.7 Å². The molecule has 2 aromatic heterocycles. The molecule has 0 bridgehead atoms. The lowest BCUT2D eigenvalue weighted by atomic mass is 9.86. The normalized spacial score (nSPS) is 16.4. The van der Waals surface area contributed by atoms with Crippen LogP contribution in [0.4, 0.5) is 0 Å². The highest BCUT2D eigenvalue weighted by atomic mass is 32.1. The molecule has 0 spiro atoms. The standard InChI is InChI=1S/C36H43N5O3S/c1-24-23-45-34(39-24)31-14-9-15-41(31)35(44)28-18-27(20-38-21-28)33(43)40-30(17-25-10-6-5-7-11-25)32(42)22-37-19-26-12-8-13-29(16-26)36(2,3)4/h5-8,10-13,16,18,20-21,23,30-32,37,42H,9,14-15,17,19,22H2,1-4H3,(H,40,43)/t30-,31+,32+/m0/s1. The van der Waals surface area contributed by atoms with Crippen molar-refractivity contribution in [2.24, 2.45) is 0 Å². The minimum Gasteiger partial charge on any atom is -0.390 e. The zero-order valence-electron chi connectivity index (χ0n) is 26.5. The lowest BCUT2D eigenvalue weighted by Crippen LogP contribution is -2.48. The van der Waals surface area contributed by atoms with Gasteiger partial charge in [0.25, 0.3) is 11.8 Å². The second kappa shape index (κ2) is 14.5. The first kappa shape index (κ1) is 32.5. The minimum atomic E-state index is -0.857. The predicted molar refractivity (Wildman–Crippen MR) is 178 cm³/mol. The van der Waals surface area contributed by atoms with Gasteiger partial charge in [-0.3, -0.25) is 14.6 Å². The summed E-state index contributed by atoms with van der Waals surface area (Å²) in [6, 6.07) is 19.2. The summed E-state index contributed by atoms with van der Waals surface area (Å²) in [5, 5.41) is 20.6. The fraction of sp³-hybridized carbons (Fsp3) is 0.389. The average molecular weight is 626 g/mol. The number of carbonyl (C=O) groups is 2. The molecule has 4 aromatic rings. The number of aliphatic hydroxyl groups excluding tert-OH is 1. The Bertz CT molecular complexity index is 1600. The molecule has 236 valence electrons. The van der Waals surface area contributed by atoms with E-state index in [0.717, 1.165) is 34.7 Å². The fourth-order valence-corrected chi connectivity index (χ4v) is 6.64. The van der Waals surface area contributed by atoms with Crippen LogP contribution in [0.5, 0.6) is 0 Å². The third kappa shape index (κ3) is 8.42. The number of hydrogen-bond donors (Lipinski definition) is 3. The van der Waals surface area contributed by atoms with Crippen LogP contribution in [0.1, 0.15) is 87.8 Å². The van der Waals surface area contributed by atoms with Gasteiger partial charge in [0, 0.05) is 43.1 Å². The van der Waals surface area contributed by atoms with Crippen LogP contribution in [0.25, 0.3) is 0 Å². The van der Waals surface area contributed by atoms with Crippen molar-refractivity contribution < 1.29 is 14.7 Å². The smallest absolute Gasteiger partial charge is 0.256 e. The van der Waals surface area contributed by atoms with Gasteiger partial charge in [0.1, 0.15) is 5.01 Å². The number of carbonyl (C=O) groups excluding carboxylic acids is 2. The van der Waals surface area contributed by atoms with E-state index in [1.54, 1.807) is 17.4 Å². The van der Waals surface area contributed by atoms with E-state index in [-0.39, 0.29) is 28.8 Å². The SMILES string of the molecule is Cc1csc([C@H]2CCCN2C(=O)c2cncc(C(=O)N[C@@H](Cc3ccccc3)[C@H](O)CNCc3cccc(C(C)(C)C)c3)c2)n1. The van der Waals surface area contributed by atoms with Crippen molar-refractivity contribution in [3.8, 4) is 0 Å². The van der Waals surface area contributed by atoms with Gasteiger partial charge in [-0.25, -0.2) is 4.98 Å². The van der Waals surface area contributed by atoms with Gasteiger partial charge in [-0.2, -0.15) is 0 Å². The summed E-state index contributed by atoms with van der Waals surface area (Å²) in [6.45, 7) is 10.0. The van der Waals surface area contributed by atoms with Crippen molar-refractivity contribution in [1.82, 2.24) is 25.5 Å². The van der Waals surface area contributed by atoms with Crippen molar-refractivity contribution in [3.05, 3.63) is 117 Å². The van der Waals surface area contributed by atoms with E-state index in [4.69, 9.17) is 0 Å². The number of aryl methyl sites for hydroxylation is 1. The number of amides is 2. The zero-order chi connectivity index (χ0) is 32.0. The van der Waals surface area contributed by atoms with Gasteiger partial charge in [-0.05, 0) is 54.4 Å². The Morgan fingerprint density at radius 1 is 1.04 bits per heavy atom. The maximum atomic E-state index is 13.6. The quantitative estimate of drug-likeness (QED) is 0.200. The molecule has 0 unspecified atom stereocenters. The highest BCUT2D eigenvalue weighted by Gasteiger charge is 2.33. The monoisotopic (exact) mass is 625 g/mol. The second-order valence-corrected chi connectivity index (χ2v) is 13.8. The van der Waals surface area contributed by atoms with Crippen LogP contribution in [0.15, 0.2) is 78.4 Å². The molecule has 3 atom stereocenters. The molecule has 0 saturated carbocycles. The number of aromatic nitrogens is 2. The van der Waals surface area contributed by atoms with Gasteiger partial charge in [0.2, 0.25) is 0 Å². The van der Waals surface area contributed by atoms with E-state index in [1.165, 1.54) is 18.0 Å². The van der Waals surface area contributed by atoms with Crippen LogP contribution in [0.2, 0.25) is 0 Å². The molecule has 2 aromatic carbocycles. The van der Waals surface area contributed by atoms with E-state index >= 15 is 0 Å². The second-order valence-electron chi connectivity index (χ2n) is 12.9.